The smallest absolute Gasteiger partial charge is 0.121 e. The number of rotatable bonds is 2. The third-order valence-corrected chi connectivity index (χ3v) is 2.79. The van der Waals surface area contributed by atoms with Gasteiger partial charge in [0.15, 0.2) is 0 Å². The van der Waals surface area contributed by atoms with E-state index in [1.807, 2.05) is 32.9 Å². The van der Waals surface area contributed by atoms with Crippen LogP contribution < -0.4 is 4.74 Å². The minimum Gasteiger partial charge on any atom is -0.491 e. The molecule has 0 aliphatic carbocycles. The Morgan fingerprint density at radius 2 is 2.14 bits per heavy atom. The highest BCUT2D eigenvalue weighted by Crippen LogP contribution is 2.25. The zero-order valence-corrected chi connectivity index (χ0v) is 9.39. The molecule has 1 heterocycles. The summed E-state index contributed by atoms with van der Waals surface area (Å²) in [5.74, 6) is 0.901. The predicted octanol–water partition coefficient (Wildman–Crippen LogP) is 3.39. The third-order valence-electron chi connectivity index (χ3n) is 1.84. The molecular weight excluding hydrogens is 194 g/mol. The number of fused-ring (bicyclic) bond motifs is 1. The van der Waals surface area contributed by atoms with Gasteiger partial charge >= 0.3 is 0 Å². The van der Waals surface area contributed by atoms with Gasteiger partial charge in [-0.15, -0.1) is 11.3 Å². The Hall–Kier alpha value is -1.09. The van der Waals surface area contributed by atoms with Crippen molar-refractivity contribution in [1.29, 1.82) is 0 Å². The lowest BCUT2D eigenvalue weighted by Gasteiger charge is -2.08. The number of ether oxygens (including phenoxy) is 1. The monoisotopic (exact) mass is 207 g/mol. The summed E-state index contributed by atoms with van der Waals surface area (Å²) in [5, 5.41) is 1.10. The Morgan fingerprint density at radius 3 is 2.86 bits per heavy atom. The van der Waals surface area contributed by atoms with E-state index in [1.165, 1.54) is 4.70 Å². The molecule has 0 unspecified atom stereocenters. The highest BCUT2D eigenvalue weighted by atomic mass is 32.1. The number of benzene rings is 1. The van der Waals surface area contributed by atoms with Crippen LogP contribution in [0.4, 0.5) is 0 Å². The second-order valence-electron chi connectivity index (χ2n) is 3.53. The van der Waals surface area contributed by atoms with Gasteiger partial charge in [0.2, 0.25) is 0 Å². The molecule has 0 aliphatic rings. The van der Waals surface area contributed by atoms with Crippen LogP contribution in [0.3, 0.4) is 0 Å². The van der Waals surface area contributed by atoms with Gasteiger partial charge in [-0.1, -0.05) is 0 Å². The number of hydrogen-bond donors (Lipinski definition) is 0. The van der Waals surface area contributed by atoms with Crippen LogP contribution in [0.5, 0.6) is 5.75 Å². The van der Waals surface area contributed by atoms with E-state index in [9.17, 15) is 0 Å². The molecule has 0 fully saturated rings. The molecule has 0 saturated carbocycles. The standard InChI is InChI=1S/C11H13NOS/c1-7(2)13-9-4-5-11-10(6-9)12-8(3)14-11/h4-7H,1-3H3. The number of aromatic nitrogens is 1. The lowest BCUT2D eigenvalue weighted by molar-refractivity contribution is 0.243. The minimum atomic E-state index is 0.215. The quantitative estimate of drug-likeness (QED) is 0.753. The minimum absolute atomic E-state index is 0.215. The fourth-order valence-electron chi connectivity index (χ4n) is 1.37. The summed E-state index contributed by atoms with van der Waals surface area (Å²) in [4.78, 5) is 4.42. The zero-order valence-electron chi connectivity index (χ0n) is 8.57. The van der Waals surface area contributed by atoms with Crippen molar-refractivity contribution in [3.05, 3.63) is 23.2 Å². The van der Waals surface area contributed by atoms with Crippen molar-refractivity contribution in [3.8, 4) is 5.75 Å². The van der Waals surface area contributed by atoms with Crippen molar-refractivity contribution < 1.29 is 4.74 Å². The largest absolute Gasteiger partial charge is 0.491 e. The lowest BCUT2D eigenvalue weighted by atomic mass is 10.3. The van der Waals surface area contributed by atoms with E-state index in [1.54, 1.807) is 11.3 Å². The lowest BCUT2D eigenvalue weighted by Crippen LogP contribution is -2.05. The highest BCUT2D eigenvalue weighted by Gasteiger charge is 2.03. The topological polar surface area (TPSA) is 22.1 Å². The Balaban J connectivity index is 2.40. The summed E-state index contributed by atoms with van der Waals surface area (Å²) >= 11 is 1.71. The van der Waals surface area contributed by atoms with Gasteiger partial charge in [-0.25, -0.2) is 4.98 Å². The first kappa shape index (κ1) is 9.46. The number of hydrogen-bond acceptors (Lipinski definition) is 3. The van der Waals surface area contributed by atoms with Crippen LogP contribution in [0, 0.1) is 6.92 Å². The van der Waals surface area contributed by atoms with E-state index in [4.69, 9.17) is 4.74 Å². The van der Waals surface area contributed by atoms with Gasteiger partial charge in [0.25, 0.3) is 0 Å². The maximum absolute atomic E-state index is 5.60. The van der Waals surface area contributed by atoms with E-state index in [0.29, 0.717) is 0 Å². The number of thiazole rings is 1. The molecule has 0 amide bonds. The average molecular weight is 207 g/mol. The van der Waals surface area contributed by atoms with Gasteiger partial charge in [-0.3, -0.25) is 0 Å². The average Bonchev–Trinajstić information content (AvgIpc) is 2.42. The summed E-state index contributed by atoms with van der Waals surface area (Å²) in [5.41, 5.74) is 1.03. The first-order chi connectivity index (χ1) is 6.65. The molecule has 0 spiro atoms. The second kappa shape index (κ2) is 3.58. The first-order valence-corrected chi connectivity index (χ1v) is 5.50. The molecule has 0 N–H and O–H groups in total. The first-order valence-electron chi connectivity index (χ1n) is 4.69. The summed E-state index contributed by atoms with van der Waals surface area (Å²) in [6.45, 7) is 6.07. The fraction of sp³-hybridized carbons (Fsp3) is 0.364. The van der Waals surface area contributed by atoms with Crippen molar-refractivity contribution in [3.63, 3.8) is 0 Å². The van der Waals surface area contributed by atoms with Gasteiger partial charge in [0.1, 0.15) is 5.75 Å². The molecule has 3 heteroatoms. The highest BCUT2D eigenvalue weighted by molar-refractivity contribution is 7.18. The van der Waals surface area contributed by atoms with Crippen LogP contribution in [0.25, 0.3) is 10.2 Å². The van der Waals surface area contributed by atoms with Crippen LogP contribution in [-0.2, 0) is 0 Å². The number of aryl methyl sites for hydroxylation is 1. The van der Waals surface area contributed by atoms with Gasteiger partial charge in [-0.05, 0) is 32.9 Å². The Kier molecular flexibility index (Phi) is 2.42. The molecule has 0 radical (unpaired) electrons. The number of nitrogens with zero attached hydrogens (tertiary/aromatic N) is 1. The van der Waals surface area contributed by atoms with E-state index in [2.05, 4.69) is 11.1 Å². The Labute approximate surface area is 87.5 Å². The molecule has 0 bridgehead atoms. The molecule has 74 valence electrons. The van der Waals surface area contributed by atoms with Crippen molar-refractivity contribution in [1.82, 2.24) is 4.98 Å². The summed E-state index contributed by atoms with van der Waals surface area (Å²) in [7, 11) is 0. The van der Waals surface area contributed by atoms with Gasteiger partial charge in [0, 0.05) is 6.07 Å². The Bertz CT molecular complexity index is 447. The van der Waals surface area contributed by atoms with Gasteiger partial charge in [0.05, 0.1) is 21.3 Å². The van der Waals surface area contributed by atoms with Crippen LogP contribution in [-0.4, -0.2) is 11.1 Å². The van der Waals surface area contributed by atoms with Crippen molar-refractivity contribution in [2.24, 2.45) is 0 Å². The maximum atomic E-state index is 5.60. The van der Waals surface area contributed by atoms with Crippen LogP contribution >= 0.6 is 11.3 Å². The van der Waals surface area contributed by atoms with Gasteiger partial charge in [-0.2, -0.15) is 0 Å². The SMILES string of the molecule is Cc1nc2cc(OC(C)C)ccc2s1. The van der Waals surface area contributed by atoms with Crippen LogP contribution in [0.2, 0.25) is 0 Å². The Morgan fingerprint density at radius 1 is 1.36 bits per heavy atom. The normalized spacial score (nSPS) is 11.1. The molecule has 0 saturated heterocycles. The predicted molar refractivity (Wildman–Crippen MR) is 60.1 cm³/mol. The van der Waals surface area contributed by atoms with E-state index in [0.717, 1.165) is 16.3 Å². The van der Waals surface area contributed by atoms with Crippen LogP contribution in [0.1, 0.15) is 18.9 Å². The molecule has 14 heavy (non-hydrogen) atoms. The van der Waals surface area contributed by atoms with Crippen molar-refractivity contribution in [2.45, 2.75) is 26.9 Å². The molecule has 2 aromatic rings. The summed E-state index contributed by atoms with van der Waals surface area (Å²) in [6.07, 6.45) is 0.215. The molecule has 1 aromatic heterocycles. The zero-order chi connectivity index (χ0) is 10.1. The molecule has 0 atom stereocenters. The van der Waals surface area contributed by atoms with Crippen molar-refractivity contribution in [2.75, 3.05) is 0 Å². The molecule has 2 rings (SSSR count). The fourth-order valence-corrected chi connectivity index (χ4v) is 2.18. The van der Waals surface area contributed by atoms with E-state index in [-0.39, 0.29) is 6.10 Å². The summed E-state index contributed by atoms with van der Waals surface area (Å²) in [6, 6.07) is 6.07. The summed E-state index contributed by atoms with van der Waals surface area (Å²) < 4.78 is 6.82. The molecule has 0 aliphatic heterocycles. The third kappa shape index (κ3) is 1.87. The van der Waals surface area contributed by atoms with Crippen molar-refractivity contribution >= 4 is 21.6 Å². The molecular formula is C11H13NOS. The maximum Gasteiger partial charge on any atom is 0.121 e. The molecule has 2 nitrogen and oxygen atoms in total. The second-order valence-corrected chi connectivity index (χ2v) is 4.76. The molecule has 1 aromatic carbocycles. The van der Waals surface area contributed by atoms with Crippen LogP contribution in [0.15, 0.2) is 18.2 Å². The van der Waals surface area contributed by atoms with Gasteiger partial charge < -0.3 is 4.74 Å². The van der Waals surface area contributed by atoms with E-state index < -0.39 is 0 Å². The van der Waals surface area contributed by atoms with E-state index >= 15 is 0 Å².